The van der Waals surface area contributed by atoms with Crippen LogP contribution in [0.2, 0.25) is 18.6 Å². The number of pyridine rings is 1. The van der Waals surface area contributed by atoms with Gasteiger partial charge in [-0.2, -0.15) is 0 Å². The van der Waals surface area contributed by atoms with E-state index in [1.165, 1.54) is 23.8 Å². The number of rotatable bonds is 11. The minimum absolute atomic E-state index is 0.00246. The number of nitro groups is 1. The molecule has 2 fully saturated rings. The summed E-state index contributed by atoms with van der Waals surface area (Å²) in [5, 5.41) is 23.3. The number of non-ortho nitro benzene ring substituents is 1. The summed E-state index contributed by atoms with van der Waals surface area (Å²) in [5.74, 6) is -0.0597. The third kappa shape index (κ3) is 6.41. The van der Waals surface area contributed by atoms with Crippen molar-refractivity contribution in [3.05, 3.63) is 117 Å². The van der Waals surface area contributed by atoms with Gasteiger partial charge in [0.15, 0.2) is 11.4 Å². The van der Waals surface area contributed by atoms with E-state index in [1.54, 1.807) is 53.4 Å². The Bertz CT molecular complexity index is 2170. The number of anilines is 1. The lowest BCUT2D eigenvalue weighted by Crippen LogP contribution is -2.52. The molecule has 2 amide bonds. The van der Waals surface area contributed by atoms with Gasteiger partial charge in [-0.3, -0.25) is 29.1 Å². The molecule has 7 rings (SSSR count). The zero-order valence-corrected chi connectivity index (χ0v) is 32.6. The van der Waals surface area contributed by atoms with Gasteiger partial charge >= 0.3 is 0 Å². The number of methoxy groups -OCH3 is 2. The Morgan fingerprint density at radius 3 is 2.42 bits per heavy atom. The zero-order valence-electron chi connectivity index (χ0n) is 31.6. The first-order valence-corrected chi connectivity index (χ1v) is 21.6. The van der Waals surface area contributed by atoms with E-state index in [2.05, 4.69) is 13.1 Å². The molecule has 0 radical (unpaired) electrons. The van der Waals surface area contributed by atoms with Crippen LogP contribution in [0.1, 0.15) is 37.3 Å². The first-order chi connectivity index (χ1) is 26.3. The van der Waals surface area contributed by atoms with Gasteiger partial charge in [-0.15, -0.1) is 0 Å². The van der Waals surface area contributed by atoms with Crippen molar-refractivity contribution >= 4 is 36.4 Å². The minimum atomic E-state index is -2.61. The number of amides is 2. The quantitative estimate of drug-likeness (QED) is 0.128. The number of hydrogen-bond acceptors (Lipinski definition) is 9. The summed E-state index contributed by atoms with van der Waals surface area (Å²) in [6.45, 7) is 6.94. The van der Waals surface area contributed by atoms with Crippen molar-refractivity contribution in [2.45, 2.75) is 69.1 Å². The second-order valence-corrected chi connectivity index (χ2v) is 19.9. The van der Waals surface area contributed by atoms with E-state index in [0.29, 0.717) is 35.7 Å². The normalized spacial score (nSPS) is 23.3. The number of fused-ring (bicyclic) bond motifs is 2. The molecule has 14 heteroatoms. The lowest BCUT2D eigenvalue weighted by molar-refractivity contribution is -0.385. The second kappa shape index (κ2) is 14.7. The third-order valence-corrected chi connectivity index (χ3v) is 16.4. The lowest BCUT2D eigenvalue weighted by atomic mass is 9.82. The molecule has 4 heterocycles. The molecule has 288 valence electrons. The average molecular weight is 767 g/mol. The van der Waals surface area contributed by atoms with Gasteiger partial charge in [0, 0.05) is 42.0 Å². The van der Waals surface area contributed by atoms with Gasteiger partial charge in [0.2, 0.25) is 5.91 Å². The fraction of sp³-hybridized carbons (Fsp3) is 0.390. The molecule has 2 saturated heterocycles. The summed E-state index contributed by atoms with van der Waals surface area (Å²) in [7, 11) is 0.442. The van der Waals surface area contributed by atoms with E-state index < -0.39 is 30.6 Å². The number of nitrogens with zero attached hydrogens (tertiary/aromatic N) is 4. The van der Waals surface area contributed by atoms with Crippen LogP contribution in [-0.2, 0) is 26.5 Å². The number of benzene rings is 3. The summed E-state index contributed by atoms with van der Waals surface area (Å²) < 4.78 is 19.2. The van der Waals surface area contributed by atoms with Crippen LogP contribution in [0.5, 0.6) is 11.5 Å². The van der Waals surface area contributed by atoms with Crippen molar-refractivity contribution in [3.8, 4) is 17.2 Å². The van der Waals surface area contributed by atoms with Gasteiger partial charge in [0.25, 0.3) is 17.2 Å². The number of ether oxygens (including phenoxy) is 3. The van der Waals surface area contributed by atoms with Gasteiger partial charge < -0.3 is 29.1 Å². The van der Waals surface area contributed by atoms with Gasteiger partial charge in [-0.25, -0.2) is 0 Å². The van der Waals surface area contributed by atoms with Gasteiger partial charge in [-0.05, 0) is 66.4 Å². The van der Waals surface area contributed by atoms with E-state index in [1.807, 2.05) is 43.3 Å². The number of aliphatic hydroxyl groups is 1. The van der Waals surface area contributed by atoms with Crippen molar-refractivity contribution in [3.63, 3.8) is 0 Å². The molecule has 0 saturated carbocycles. The maximum absolute atomic E-state index is 15.2. The minimum Gasteiger partial charge on any atom is -0.497 e. The Morgan fingerprint density at radius 2 is 1.76 bits per heavy atom. The zero-order chi connectivity index (χ0) is 39.2. The molecule has 0 unspecified atom stereocenters. The molecule has 5 atom stereocenters. The number of carbonyl (C=O) groups excluding carboxylic acids is 2. The van der Waals surface area contributed by atoms with Crippen LogP contribution in [0.3, 0.4) is 0 Å². The largest absolute Gasteiger partial charge is 0.497 e. The van der Waals surface area contributed by atoms with Crippen molar-refractivity contribution in [1.29, 1.82) is 0 Å². The van der Waals surface area contributed by atoms with E-state index in [9.17, 15) is 24.8 Å². The van der Waals surface area contributed by atoms with Crippen LogP contribution in [-0.4, -0.2) is 78.9 Å². The molecule has 0 bridgehead atoms. The molecule has 3 aliphatic rings. The molecule has 13 nitrogen and oxygen atoms in total. The van der Waals surface area contributed by atoms with Gasteiger partial charge in [0.05, 0.1) is 64.6 Å². The maximum Gasteiger partial charge on any atom is 0.297 e. The summed E-state index contributed by atoms with van der Waals surface area (Å²) in [4.78, 5) is 57.2. The van der Waals surface area contributed by atoms with Crippen molar-refractivity contribution in [2.75, 3.05) is 32.3 Å². The standard InChI is InChI=1S/C41H46N4O9Si/c1-26-38(55(4,5)32-17-15-31(52-2)16-18-32)36(23-37(47)42-20-6-8-30(42)25-46)54-41(26)33-22-29(45(50)51)14-19-34(33)44(40(41)49)24-27-10-12-28(13-11-27)43-21-7-9-35(53-3)39(43)48/h7,9-19,21-22,26,30,36,38,46H,6,8,20,23-25H2,1-5H3/t26-,30-,36+,38-,41+/m0/s1. The molecular weight excluding hydrogens is 721 g/mol. The highest BCUT2D eigenvalue weighted by Gasteiger charge is 2.67. The van der Waals surface area contributed by atoms with Crippen molar-refractivity contribution < 1.29 is 33.8 Å². The fourth-order valence-corrected chi connectivity index (χ4v) is 13.2. The van der Waals surface area contributed by atoms with Crippen LogP contribution in [0.15, 0.2) is 89.9 Å². The van der Waals surface area contributed by atoms with Crippen LogP contribution < -0.4 is 25.1 Å². The average Bonchev–Trinajstić information content (AvgIpc) is 3.85. The first kappa shape index (κ1) is 38.0. The number of carbonyl (C=O) groups is 2. The summed E-state index contributed by atoms with van der Waals surface area (Å²) in [6.07, 6.45) is 2.47. The Kier molecular flexibility index (Phi) is 10.2. The second-order valence-electron chi connectivity index (χ2n) is 15.2. The molecule has 0 aliphatic carbocycles. The van der Waals surface area contributed by atoms with Crippen LogP contribution in [0.4, 0.5) is 11.4 Å². The molecule has 4 aromatic rings. The van der Waals surface area contributed by atoms with Crippen LogP contribution in [0.25, 0.3) is 5.69 Å². The molecule has 1 aromatic heterocycles. The van der Waals surface area contributed by atoms with Gasteiger partial charge in [-0.1, -0.05) is 49.5 Å². The van der Waals surface area contributed by atoms with Crippen molar-refractivity contribution in [2.24, 2.45) is 5.92 Å². The topological polar surface area (TPSA) is 154 Å². The fourth-order valence-electron chi connectivity index (χ4n) is 9.19. The Hall–Kier alpha value is -5.31. The number of nitro benzene ring substituents is 1. The van der Waals surface area contributed by atoms with Gasteiger partial charge in [0.1, 0.15) is 5.75 Å². The van der Waals surface area contributed by atoms with Crippen LogP contribution >= 0.6 is 0 Å². The molecular formula is C41H46N4O9Si. The molecule has 3 aromatic carbocycles. The predicted octanol–water partition coefficient (Wildman–Crippen LogP) is 4.90. The number of likely N-dealkylation sites (tertiary alicyclic amines) is 1. The Morgan fingerprint density at radius 1 is 1.04 bits per heavy atom. The van der Waals surface area contributed by atoms with Crippen LogP contribution in [0, 0.1) is 16.0 Å². The predicted molar refractivity (Wildman–Crippen MR) is 209 cm³/mol. The SMILES string of the molecule is COc1ccc([Si](C)(C)[C@@H]2[C@@H](CC(=O)N3CCC[C@H]3CO)O[C@]3(C(=O)N(Cc4ccc(-n5cccc(OC)c5=O)cc4)c4ccc([N+](=O)[O-])cc43)[C@H]2C)cc1. The number of hydrogen-bond donors (Lipinski definition) is 1. The lowest BCUT2D eigenvalue weighted by Gasteiger charge is -2.37. The van der Waals surface area contributed by atoms with E-state index in [-0.39, 0.29) is 60.0 Å². The van der Waals surface area contributed by atoms with E-state index in [4.69, 9.17) is 14.2 Å². The summed E-state index contributed by atoms with van der Waals surface area (Å²) in [6, 6.07) is 22.6. The summed E-state index contributed by atoms with van der Waals surface area (Å²) in [5.41, 5.74) is -0.0549. The molecule has 55 heavy (non-hydrogen) atoms. The Labute approximate surface area is 320 Å². The number of aliphatic hydroxyl groups excluding tert-OH is 1. The highest BCUT2D eigenvalue weighted by Crippen LogP contribution is 2.60. The smallest absolute Gasteiger partial charge is 0.297 e. The maximum atomic E-state index is 15.2. The summed E-state index contributed by atoms with van der Waals surface area (Å²) >= 11 is 0. The number of aromatic nitrogens is 1. The molecule has 1 spiro atoms. The van der Waals surface area contributed by atoms with E-state index in [0.717, 1.165) is 17.2 Å². The monoisotopic (exact) mass is 766 g/mol. The molecule has 3 aliphatic heterocycles. The first-order valence-electron chi connectivity index (χ1n) is 18.5. The highest BCUT2D eigenvalue weighted by atomic mass is 28.3. The molecule has 1 N–H and O–H groups in total. The highest BCUT2D eigenvalue weighted by molar-refractivity contribution is 6.91. The Balaban J connectivity index is 1.29. The van der Waals surface area contributed by atoms with Crippen molar-refractivity contribution in [1.82, 2.24) is 9.47 Å². The third-order valence-electron chi connectivity index (χ3n) is 12.0. The van der Waals surface area contributed by atoms with E-state index >= 15 is 4.79 Å².